The van der Waals surface area contributed by atoms with Crippen LogP contribution in [0.3, 0.4) is 0 Å². The van der Waals surface area contributed by atoms with Crippen LogP contribution in [0.2, 0.25) is 5.02 Å². The summed E-state index contributed by atoms with van der Waals surface area (Å²) in [6, 6.07) is 5.91. The maximum atomic E-state index is 13.5. The fraction of sp³-hybridized carbons (Fsp3) is 0.133. The molecule has 1 aromatic heterocycles. The number of carbonyl (C=O) groups excluding carboxylic acids is 2. The topological polar surface area (TPSA) is 68.3 Å². The molecule has 0 saturated heterocycles. The number of carbonyl (C=O) groups is 2. The van der Waals surface area contributed by atoms with Gasteiger partial charge < -0.3 is 10.1 Å². The van der Waals surface area contributed by atoms with Gasteiger partial charge in [-0.1, -0.05) is 17.7 Å². The molecule has 8 heteroatoms. The van der Waals surface area contributed by atoms with Crippen LogP contribution in [0, 0.1) is 11.6 Å². The average molecular weight is 341 g/mol. The molecule has 1 amide bonds. The zero-order chi connectivity index (χ0) is 17.0. The molecule has 23 heavy (non-hydrogen) atoms. The Kier molecular flexibility index (Phi) is 5.23. The van der Waals surface area contributed by atoms with Crippen LogP contribution in [0.5, 0.6) is 0 Å². The number of benzene rings is 1. The Bertz CT molecular complexity index is 718. The first-order chi connectivity index (χ1) is 10.9. The predicted octanol–water partition coefficient (Wildman–Crippen LogP) is 3.20. The van der Waals surface area contributed by atoms with Crippen molar-refractivity contribution in [3.05, 3.63) is 58.7 Å². The number of halogens is 3. The highest BCUT2D eigenvalue weighted by Crippen LogP contribution is 2.15. The number of esters is 1. The minimum atomic E-state index is -1.28. The summed E-state index contributed by atoms with van der Waals surface area (Å²) in [4.78, 5) is 27.5. The number of aromatic nitrogens is 1. The number of nitrogens with one attached hydrogen (secondary N) is 1. The highest BCUT2D eigenvalue weighted by Gasteiger charge is 2.24. The van der Waals surface area contributed by atoms with Crippen molar-refractivity contribution >= 4 is 29.3 Å². The quantitative estimate of drug-likeness (QED) is 0.868. The van der Waals surface area contributed by atoms with Crippen molar-refractivity contribution in [1.29, 1.82) is 0 Å². The molecule has 120 valence electrons. The second-order valence-corrected chi connectivity index (χ2v) is 4.93. The first kappa shape index (κ1) is 16.8. The second kappa shape index (κ2) is 7.15. The number of amides is 1. The van der Waals surface area contributed by atoms with Gasteiger partial charge in [0.2, 0.25) is 0 Å². The predicted molar refractivity (Wildman–Crippen MR) is 79.1 cm³/mol. The zero-order valence-corrected chi connectivity index (χ0v) is 12.6. The number of anilines is 1. The van der Waals surface area contributed by atoms with Gasteiger partial charge in [0.1, 0.15) is 23.0 Å². The number of pyridine rings is 1. The summed E-state index contributed by atoms with van der Waals surface area (Å²) in [6.45, 7) is 1.27. The van der Waals surface area contributed by atoms with Gasteiger partial charge in [-0.25, -0.2) is 18.6 Å². The van der Waals surface area contributed by atoms with Gasteiger partial charge in [-0.3, -0.25) is 4.79 Å². The molecule has 0 aliphatic carbocycles. The first-order valence-electron chi connectivity index (χ1n) is 6.46. The molecular weight excluding hydrogens is 330 g/mol. The van der Waals surface area contributed by atoms with E-state index in [1.54, 1.807) is 0 Å². The Labute approximate surface area is 135 Å². The van der Waals surface area contributed by atoms with Crippen LogP contribution in [-0.4, -0.2) is 23.0 Å². The smallest absolute Gasteiger partial charge is 0.344 e. The molecule has 0 aliphatic heterocycles. The minimum absolute atomic E-state index is 0.194. The fourth-order valence-corrected chi connectivity index (χ4v) is 1.76. The molecule has 2 aromatic rings. The van der Waals surface area contributed by atoms with Crippen molar-refractivity contribution in [3.63, 3.8) is 0 Å². The van der Waals surface area contributed by atoms with Crippen LogP contribution < -0.4 is 5.32 Å². The standard InChI is InChI=1S/C15H11ClF2N2O3/c1-8(14(21)20-12-6-5-9(16)7-19-12)23-15(22)13-10(17)3-2-4-11(13)18/h2-8H,1H3,(H,19,20,21). The Hall–Kier alpha value is -2.54. The Morgan fingerprint density at radius 1 is 1.22 bits per heavy atom. The molecular formula is C15H11ClF2N2O3. The summed E-state index contributed by atoms with van der Waals surface area (Å²) in [7, 11) is 0. The average Bonchev–Trinajstić information content (AvgIpc) is 2.49. The molecule has 5 nitrogen and oxygen atoms in total. The van der Waals surface area contributed by atoms with Gasteiger partial charge in [-0.15, -0.1) is 0 Å². The lowest BCUT2D eigenvalue weighted by molar-refractivity contribution is -0.123. The van der Waals surface area contributed by atoms with Gasteiger partial charge >= 0.3 is 5.97 Å². The van der Waals surface area contributed by atoms with Crippen LogP contribution in [0.15, 0.2) is 36.5 Å². The van der Waals surface area contributed by atoms with E-state index in [0.29, 0.717) is 5.02 Å². The highest BCUT2D eigenvalue weighted by atomic mass is 35.5. The molecule has 0 radical (unpaired) electrons. The third-order valence-corrected chi connectivity index (χ3v) is 3.02. The van der Waals surface area contributed by atoms with Crippen molar-refractivity contribution < 1.29 is 23.1 Å². The fourth-order valence-electron chi connectivity index (χ4n) is 1.64. The van der Waals surface area contributed by atoms with E-state index in [2.05, 4.69) is 10.3 Å². The maximum Gasteiger partial charge on any atom is 0.344 e. The van der Waals surface area contributed by atoms with E-state index >= 15 is 0 Å². The van der Waals surface area contributed by atoms with Gasteiger partial charge in [-0.05, 0) is 31.2 Å². The largest absolute Gasteiger partial charge is 0.449 e. The second-order valence-electron chi connectivity index (χ2n) is 4.50. The van der Waals surface area contributed by atoms with Crippen molar-refractivity contribution in [2.45, 2.75) is 13.0 Å². The zero-order valence-electron chi connectivity index (χ0n) is 11.8. The number of hydrogen-bond acceptors (Lipinski definition) is 4. The molecule has 1 heterocycles. The van der Waals surface area contributed by atoms with Crippen LogP contribution >= 0.6 is 11.6 Å². The van der Waals surface area contributed by atoms with E-state index in [-0.39, 0.29) is 5.82 Å². The summed E-state index contributed by atoms with van der Waals surface area (Å²) in [5.41, 5.74) is -0.850. The van der Waals surface area contributed by atoms with Crippen LogP contribution in [-0.2, 0) is 9.53 Å². The Morgan fingerprint density at radius 3 is 2.43 bits per heavy atom. The molecule has 0 saturated carbocycles. The van der Waals surface area contributed by atoms with Crippen molar-refractivity contribution in [3.8, 4) is 0 Å². The van der Waals surface area contributed by atoms with Gasteiger partial charge in [0.25, 0.3) is 5.91 Å². The van der Waals surface area contributed by atoms with Crippen molar-refractivity contribution in [2.75, 3.05) is 5.32 Å². The third kappa shape index (κ3) is 4.23. The summed E-state index contributed by atoms with van der Waals surface area (Å²) < 4.78 is 31.7. The molecule has 0 bridgehead atoms. The molecule has 1 atom stereocenters. The lowest BCUT2D eigenvalue weighted by atomic mass is 10.2. The van der Waals surface area contributed by atoms with Gasteiger partial charge in [0, 0.05) is 6.20 Å². The highest BCUT2D eigenvalue weighted by molar-refractivity contribution is 6.30. The van der Waals surface area contributed by atoms with E-state index in [4.69, 9.17) is 16.3 Å². The number of nitrogens with zero attached hydrogens (tertiary/aromatic N) is 1. The molecule has 2 rings (SSSR count). The molecule has 1 unspecified atom stereocenters. The maximum absolute atomic E-state index is 13.5. The van der Waals surface area contributed by atoms with E-state index in [9.17, 15) is 18.4 Å². The van der Waals surface area contributed by atoms with Crippen LogP contribution in [0.1, 0.15) is 17.3 Å². The summed E-state index contributed by atoms with van der Waals surface area (Å²) in [6.07, 6.45) is 0.0433. The third-order valence-electron chi connectivity index (χ3n) is 2.80. The minimum Gasteiger partial charge on any atom is -0.449 e. The molecule has 0 aliphatic rings. The van der Waals surface area contributed by atoms with E-state index in [0.717, 1.165) is 18.2 Å². The molecule has 0 spiro atoms. The number of hydrogen-bond donors (Lipinski definition) is 1. The van der Waals surface area contributed by atoms with E-state index in [1.165, 1.54) is 25.3 Å². The normalized spacial score (nSPS) is 11.7. The van der Waals surface area contributed by atoms with Gasteiger partial charge in [-0.2, -0.15) is 0 Å². The molecule has 1 N–H and O–H groups in total. The SMILES string of the molecule is CC(OC(=O)c1c(F)cccc1F)C(=O)Nc1ccc(Cl)cn1. The summed E-state index contributed by atoms with van der Waals surface area (Å²) >= 11 is 5.66. The van der Waals surface area contributed by atoms with Crippen LogP contribution in [0.25, 0.3) is 0 Å². The van der Waals surface area contributed by atoms with E-state index in [1.807, 2.05) is 0 Å². The Balaban J connectivity index is 2.03. The lowest BCUT2D eigenvalue weighted by Gasteiger charge is -2.13. The first-order valence-corrected chi connectivity index (χ1v) is 6.83. The van der Waals surface area contributed by atoms with Crippen molar-refractivity contribution in [1.82, 2.24) is 4.98 Å². The number of ether oxygens (including phenoxy) is 1. The summed E-state index contributed by atoms with van der Waals surface area (Å²) in [5, 5.41) is 2.77. The van der Waals surface area contributed by atoms with Gasteiger partial charge in [0.05, 0.1) is 5.02 Å². The molecule has 0 fully saturated rings. The van der Waals surface area contributed by atoms with Gasteiger partial charge in [0.15, 0.2) is 6.10 Å². The Morgan fingerprint density at radius 2 is 1.87 bits per heavy atom. The lowest BCUT2D eigenvalue weighted by Crippen LogP contribution is -2.30. The van der Waals surface area contributed by atoms with E-state index < -0.39 is 35.2 Å². The monoisotopic (exact) mass is 340 g/mol. The number of rotatable bonds is 4. The summed E-state index contributed by atoms with van der Waals surface area (Å²) in [5.74, 6) is -3.92. The van der Waals surface area contributed by atoms with Crippen molar-refractivity contribution in [2.24, 2.45) is 0 Å². The molecule has 1 aromatic carbocycles. The van der Waals surface area contributed by atoms with Crippen LogP contribution in [0.4, 0.5) is 14.6 Å².